The van der Waals surface area contributed by atoms with Gasteiger partial charge < -0.3 is 10.2 Å². The van der Waals surface area contributed by atoms with Crippen LogP contribution in [0.2, 0.25) is 0 Å². The molecule has 0 N–H and O–H groups in total. The summed E-state index contributed by atoms with van der Waals surface area (Å²) in [5.41, 5.74) is -8.11. The maximum absolute atomic E-state index is 12.5. The minimum atomic E-state index is -5.04. The average molecular weight is 653 g/mol. The molecule has 0 saturated heterocycles. The monoisotopic (exact) mass is 653 g/mol. The van der Waals surface area contributed by atoms with Gasteiger partial charge in [0.15, 0.2) is 11.6 Å². The summed E-state index contributed by atoms with van der Waals surface area (Å²) in [6.07, 6.45) is -19.3. The fourth-order valence-corrected chi connectivity index (χ4v) is 2.73. The number of hydrogen-bond acceptors (Lipinski definition) is 4. The van der Waals surface area contributed by atoms with Crippen LogP contribution in [-0.2, 0) is 51.1 Å². The van der Waals surface area contributed by atoms with Crippen LogP contribution in [0.25, 0.3) is 11.5 Å². The molecule has 2 aromatic rings. The Morgan fingerprint density at radius 1 is 0.512 bits per heavy atom. The second kappa shape index (κ2) is 13.5. The quantitative estimate of drug-likeness (QED) is 0.230. The van der Waals surface area contributed by atoms with Crippen molar-refractivity contribution in [1.82, 2.24) is 0 Å². The molecule has 41 heavy (non-hydrogen) atoms. The minimum absolute atomic E-state index is 0. The number of hydrogen-bond donors (Lipinski definition) is 0. The molecule has 0 bridgehead atoms. The Morgan fingerprint density at radius 2 is 0.707 bits per heavy atom. The molecule has 1 radical (unpaired) electrons. The number of rotatable bonds is 4. The standard InChI is InChI=1S/2C12H8F6O2.Co/c2*1-6(19)2-10(20)7-3-8(11(13,14)15)5-9(4-7)12(16,17)18;/h2*2-5,20H,1H3;/q;;+2/p-2/b2*10-2+;. The maximum Gasteiger partial charge on any atom is 2.00 e. The van der Waals surface area contributed by atoms with Crippen molar-refractivity contribution in [2.75, 3.05) is 0 Å². The van der Waals surface area contributed by atoms with E-state index >= 15 is 0 Å². The molecule has 0 aliphatic carbocycles. The second-order valence-electron chi connectivity index (χ2n) is 7.83. The Hall–Kier alpha value is -3.47. The summed E-state index contributed by atoms with van der Waals surface area (Å²) >= 11 is 0. The van der Waals surface area contributed by atoms with Crippen molar-refractivity contribution in [1.29, 1.82) is 0 Å². The molecule has 0 aliphatic heterocycles. The van der Waals surface area contributed by atoms with E-state index in [-0.39, 0.29) is 53.2 Å². The molecule has 0 fully saturated rings. The van der Waals surface area contributed by atoms with Crippen LogP contribution in [0.1, 0.15) is 47.2 Å². The Morgan fingerprint density at radius 3 is 0.854 bits per heavy atom. The van der Waals surface area contributed by atoms with Crippen LogP contribution in [-0.4, -0.2) is 11.6 Å². The van der Waals surface area contributed by atoms with Gasteiger partial charge in [0.1, 0.15) is 0 Å². The van der Waals surface area contributed by atoms with E-state index in [1.165, 1.54) is 0 Å². The van der Waals surface area contributed by atoms with Gasteiger partial charge in [0.2, 0.25) is 0 Å². The van der Waals surface area contributed by atoms with Gasteiger partial charge in [-0.25, -0.2) is 0 Å². The molecular formula is C24H14CoF12O4. The summed E-state index contributed by atoms with van der Waals surface area (Å²) < 4.78 is 150. The second-order valence-corrected chi connectivity index (χ2v) is 7.83. The molecule has 0 aromatic heterocycles. The first kappa shape index (κ1) is 37.5. The summed E-state index contributed by atoms with van der Waals surface area (Å²) in [6, 6.07) is 0.914. The number of halogens is 12. The SMILES string of the molecule is CC(=O)/C=C(/[O-])c1cc(C(F)(F)F)cc(C(F)(F)F)c1.CC(=O)/C=C(/[O-])c1cc(C(F)(F)F)cc(C(F)(F)F)c1.[Co+2]. The smallest absolute Gasteiger partial charge is 0.872 e. The molecule has 0 amide bonds. The Bertz CT molecular complexity index is 1150. The molecular weight excluding hydrogens is 639 g/mol. The summed E-state index contributed by atoms with van der Waals surface area (Å²) in [4.78, 5) is 21.3. The summed E-state index contributed by atoms with van der Waals surface area (Å²) in [5.74, 6) is -3.98. The number of allylic oxidation sites excluding steroid dienone is 2. The molecule has 0 aliphatic rings. The Balaban J connectivity index is 0.000000762. The van der Waals surface area contributed by atoms with Gasteiger partial charge in [-0.3, -0.25) is 9.59 Å². The molecule has 4 nitrogen and oxygen atoms in total. The van der Waals surface area contributed by atoms with E-state index in [1.807, 2.05) is 0 Å². The van der Waals surface area contributed by atoms with E-state index in [1.54, 1.807) is 0 Å². The molecule has 2 rings (SSSR count). The third-order valence-corrected chi connectivity index (χ3v) is 4.41. The Kier molecular flexibility index (Phi) is 12.3. The Labute approximate surface area is 233 Å². The van der Waals surface area contributed by atoms with Crippen molar-refractivity contribution in [3.05, 3.63) is 81.9 Å². The van der Waals surface area contributed by atoms with E-state index in [2.05, 4.69) is 0 Å². The fourth-order valence-electron chi connectivity index (χ4n) is 2.73. The van der Waals surface area contributed by atoms with Crippen molar-refractivity contribution < 1.29 is 89.3 Å². The van der Waals surface area contributed by atoms with Gasteiger partial charge in [-0.05, 0) is 73.5 Å². The van der Waals surface area contributed by atoms with E-state index in [0.29, 0.717) is 12.2 Å². The van der Waals surface area contributed by atoms with Crippen LogP contribution in [0.15, 0.2) is 48.6 Å². The van der Waals surface area contributed by atoms with Crippen molar-refractivity contribution in [3.8, 4) is 0 Å². The summed E-state index contributed by atoms with van der Waals surface area (Å²) in [7, 11) is 0. The predicted molar refractivity (Wildman–Crippen MR) is 110 cm³/mol. The van der Waals surface area contributed by atoms with E-state index in [0.717, 1.165) is 13.8 Å². The molecule has 0 atom stereocenters. The number of alkyl halides is 12. The first-order valence-electron chi connectivity index (χ1n) is 10.2. The topological polar surface area (TPSA) is 80.3 Å². The number of carbonyl (C=O) groups is 2. The molecule has 227 valence electrons. The molecule has 0 spiro atoms. The normalized spacial score (nSPS) is 13.1. The van der Waals surface area contributed by atoms with Crippen molar-refractivity contribution in [2.24, 2.45) is 0 Å². The third kappa shape index (κ3) is 11.9. The number of ketones is 2. The first-order valence-corrected chi connectivity index (χ1v) is 10.2. The van der Waals surface area contributed by atoms with Gasteiger partial charge in [-0.2, -0.15) is 52.7 Å². The van der Waals surface area contributed by atoms with E-state index in [9.17, 15) is 72.5 Å². The molecule has 0 unspecified atom stereocenters. The molecule has 0 saturated carbocycles. The zero-order valence-corrected chi connectivity index (χ0v) is 21.2. The van der Waals surface area contributed by atoms with Gasteiger partial charge in [0.05, 0.1) is 22.3 Å². The van der Waals surface area contributed by atoms with Crippen molar-refractivity contribution >= 4 is 23.1 Å². The molecule has 2 aromatic carbocycles. The molecule has 17 heteroatoms. The van der Waals surface area contributed by atoms with Gasteiger partial charge >= 0.3 is 41.5 Å². The average Bonchev–Trinajstić information content (AvgIpc) is 2.75. The summed E-state index contributed by atoms with van der Waals surface area (Å²) in [5, 5.41) is 22.8. The first-order chi connectivity index (χ1) is 17.8. The van der Waals surface area contributed by atoms with E-state index < -0.39 is 81.2 Å². The fraction of sp³-hybridized carbons (Fsp3) is 0.250. The summed E-state index contributed by atoms with van der Waals surface area (Å²) in [6.45, 7) is 1.91. The van der Waals surface area contributed by atoms with Crippen LogP contribution in [0.3, 0.4) is 0 Å². The zero-order chi connectivity index (χ0) is 31.4. The van der Waals surface area contributed by atoms with Crippen molar-refractivity contribution in [3.63, 3.8) is 0 Å². The van der Waals surface area contributed by atoms with Gasteiger partial charge in [-0.15, -0.1) is 0 Å². The van der Waals surface area contributed by atoms with Gasteiger partial charge in [0.25, 0.3) is 0 Å². The van der Waals surface area contributed by atoms with Crippen LogP contribution in [0.5, 0.6) is 0 Å². The largest absolute Gasteiger partial charge is 2.00 e. The zero-order valence-electron chi connectivity index (χ0n) is 20.1. The number of carbonyl (C=O) groups excluding carboxylic acids is 2. The number of benzene rings is 2. The van der Waals surface area contributed by atoms with Crippen molar-refractivity contribution in [2.45, 2.75) is 38.6 Å². The van der Waals surface area contributed by atoms with Crippen LogP contribution >= 0.6 is 0 Å². The van der Waals surface area contributed by atoms with Gasteiger partial charge in [-0.1, -0.05) is 11.5 Å². The van der Waals surface area contributed by atoms with E-state index in [4.69, 9.17) is 0 Å². The predicted octanol–water partition coefficient (Wildman–Crippen LogP) is 6.03. The minimum Gasteiger partial charge on any atom is -0.872 e. The van der Waals surface area contributed by atoms with Crippen LogP contribution in [0.4, 0.5) is 52.7 Å². The maximum atomic E-state index is 12.5. The molecule has 0 heterocycles. The van der Waals surface area contributed by atoms with Crippen LogP contribution < -0.4 is 10.2 Å². The van der Waals surface area contributed by atoms with Crippen LogP contribution in [0, 0.1) is 0 Å². The van der Waals surface area contributed by atoms with Gasteiger partial charge in [0, 0.05) is 0 Å². The third-order valence-electron chi connectivity index (χ3n) is 4.41.